The quantitative estimate of drug-likeness (QED) is 0.341. The number of hydrogen-bond donors (Lipinski definition) is 3. The number of aromatic nitrogens is 1. The fourth-order valence-corrected chi connectivity index (χ4v) is 5.19. The largest absolute Gasteiger partial charge is 0.497 e. The Labute approximate surface area is 220 Å². The minimum atomic E-state index is -1.07. The molecule has 0 bridgehead atoms. The van der Waals surface area contributed by atoms with E-state index in [9.17, 15) is 23.4 Å². The van der Waals surface area contributed by atoms with Gasteiger partial charge in [0.2, 0.25) is 0 Å². The van der Waals surface area contributed by atoms with Crippen molar-refractivity contribution in [2.45, 2.75) is 38.3 Å². The van der Waals surface area contributed by atoms with Gasteiger partial charge < -0.3 is 25.4 Å². The molecule has 0 unspecified atom stereocenters. The van der Waals surface area contributed by atoms with Crippen LogP contribution in [0.1, 0.15) is 42.9 Å². The fraction of sp³-hybridized carbons (Fsp3) is 0.464. The van der Waals surface area contributed by atoms with Gasteiger partial charge in [-0.15, -0.1) is 0 Å². The molecule has 2 aromatic carbocycles. The van der Waals surface area contributed by atoms with Crippen molar-refractivity contribution in [3.63, 3.8) is 0 Å². The number of pyridine rings is 1. The number of piperidine rings is 1. The standard InChI is InChI=1S/C28H34F3N3O4/c1-37-20-2-3-24-21(14-20)26(18(15-32)16-33-24)25(36)4-5-28(17-35)6-8-34(9-7-28)10-11-38-27-22(30)12-19(29)13-23(27)31/h2-3,12-14,16,25,35-36H,4-11,15,17,32H2,1H3/t25-/m0/s1. The van der Waals surface area contributed by atoms with Crippen molar-refractivity contribution in [2.24, 2.45) is 11.1 Å². The van der Waals surface area contributed by atoms with E-state index in [0.717, 1.165) is 22.0 Å². The maximum absolute atomic E-state index is 13.8. The summed E-state index contributed by atoms with van der Waals surface area (Å²) in [5.41, 5.74) is 7.85. The third-order valence-electron chi connectivity index (χ3n) is 7.57. The van der Waals surface area contributed by atoms with Gasteiger partial charge in [0.25, 0.3) is 0 Å². The van der Waals surface area contributed by atoms with Crippen molar-refractivity contribution in [3.8, 4) is 11.5 Å². The Bertz CT molecular complexity index is 1220. The highest BCUT2D eigenvalue weighted by molar-refractivity contribution is 5.85. The van der Waals surface area contributed by atoms with E-state index in [-0.39, 0.29) is 25.2 Å². The zero-order chi connectivity index (χ0) is 27.3. The number of nitrogens with zero attached hydrogens (tertiary/aromatic N) is 2. The summed E-state index contributed by atoms with van der Waals surface area (Å²) in [6.45, 7) is 2.04. The van der Waals surface area contributed by atoms with Gasteiger partial charge in [0.1, 0.15) is 18.2 Å². The summed E-state index contributed by atoms with van der Waals surface area (Å²) in [7, 11) is 1.58. The van der Waals surface area contributed by atoms with Crippen LogP contribution in [0.3, 0.4) is 0 Å². The number of methoxy groups -OCH3 is 1. The molecule has 1 aromatic heterocycles. The van der Waals surface area contributed by atoms with Crippen LogP contribution < -0.4 is 15.2 Å². The normalized spacial score (nSPS) is 16.5. The van der Waals surface area contributed by atoms with Crippen LogP contribution in [-0.2, 0) is 6.54 Å². The number of rotatable bonds is 11. The van der Waals surface area contributed by atoms with Gasteiger partial charge >= 0.3 is 0 Å². The SMILES string of the molecule is COc1ccc2ncc(CN)c([C@@H](O)CCC3(CO)CCN(CCOc4c(F)cc(F)cc4F)CC3)c2c1. The molecule has 3 aromatic rings. The van der Waals surface area contributed by atoms with Crippen LogP contribution in [0.4, 0.5) is 13.2 Å². The van der Waals surface area contributed by atoms with E-state index >= 15 is 0 Å². The molecule has 0 radical (unpaired) electrons. The van der Waals surface area contributed by atoms with Crippen LogP contribution in [0.2, 0.25) is 0 Å². The highest BCUT2D eigenvalue weighted by atomic mass is 19.1. The maximum Gasteiger partial charge on any atom is 0.190 e. The molecule has 4 N–H and O–H groups in total. The Morgan fingerprint density at radius 3 is 2.47 bits per heavy atom. The second kappa shape index (κ2) is 12.3. The number of aliphatic hydroxyl groups is 2. The number of fused-ring (bicyclic) bond motifs is 1. The molecular weight excluding hydrogens is 499 g/mol. The van der Waals surface area contributed by atoms with E-state index in [0.29, 0.717) is 63.2 Å². The molecule has 0 saturated carbocycles. The average Bonchev–Trinajstić information content (AvgIpc) is 2.92. The summed E-state index contributed by atoms with van der Waals surface area (Å²) in [4.78, 5) is 6.55. The van der Waals surface area contributed by atoms with Crippen LogP contribution in [0.5, 0.6) is 11.5 Å². The second-order valence-corrected chi connectivity index (χ2v) is 9.89. The van der Waals surface area contributed by atoms with E-state index in [1.807, 2.05) is 18.2 Å². The third-order valence-corrected chi connectivity index (χ3v) is 7.57. The molecule has 1 aliphatic rings. The number of benzene rings is 2. The number of nitrogens with two attached hydrogens (primary N) is 1. The van der Waals surface area contributed by atoms with Gasteiger partial charge in [-0.05, 0) is 73.5 Å². The van der Waals surface area contributed by atoms with E-state index in [1.165, 1.54) is 0 Å². The number of likely N-dealkylation sites (tertiary alicyclic amines) is 1. The smallest absolute Gasteiger partial charge is 0.190 e. The molecule has 38 heavy (non-hydrogen) atoms. The summed E-state index contributed by atoms with van der Waals surface area (Å²) in [6, 6.07) is 6.69. The van der Waals surface area contributed by atoms with Crippen molar-refractivity contribution >= 4 is 10.9 Å². The number of hydrogen-bond acceptors (Lipinski definition) is 7. The lowest BCUT2D eigenvalue weighted by molar-refractivity contribution is 0.0202. The molecule has 0 spiro atoms. The third kappa shape index (κ3) is 6.20. The van der Waals surface area contributed by atoms with E-state index in [1.54, 1.807) is 13.3 Å². The maximum atomic E-state index is 13.8. The average molecular weight is 534 g/mol. The molecule has 1 atom stereocenters. The molecule has 1 fully saturated rings. The number of halogens is 3. The first-order chi connectivity index (χ1) is 18.3. The molecule has 206 valence electrons. The van der Waals surface area contributed by atoms with Crippen molar-refractivity contribution in [1.29, 1.82) is 0 Å². The van der Waals surface area contributed by atoms with Crippen molar-refractivity contribution in [3.05, 3.63) is 65.1 Å². The van der Waals surface area contributed by atoms with Crippen molar-refractivity contribution in [1.82, 2.24) is 9.88 Å². The summed E-state index contributed by atoms with van der Waals surface area (Å²) < 4.78 is 51.3. The molecular formula is C28H34F3N3O4. The lowest BCUT2D eigenvalue weighted by Crippen LogP contribution is -2.43. The highest BCUT2D eigenvalue weighted by Gasteiger charge is 2.35. The summed E-state index contributed by atoms with van der Waals surface area (Å²) >= 11 is 0. The zero-order valence-corrected chi connectivity index (χ0v) is 21.4. The van der Waals surface area contributed by atoms with Gasteiger partial charge in [0.05, 0.1) is 18.7 Å². The minimum absolute atomic E-state index is 0.00920. The molecule has 1 aliphatic heterocycles. The van der Waals surface area contributed by atoms with Gasteiger partial charge in [0, 0.05) is 43.4 Å². The zero-order valence-electron chi connectivity index (χ0n) is 21.4. The van der Waals surface area contributed by atoms with Gasteiger partial charge in [-0.1, -0.05) is 0 Å². The lowest BCUT2D eigenvalue weighted by Gasteiger charge is -2.41. The monoisotopic (exact) mass is 533 g/mol. The Hall–Kier alpha value is -2.92. The topological polar surface area (TPSA) is 101 Å². The van der Waals surface area contributed by atoms with Crippen LogP contribution in [-0.4, -0.2) is 60.1 Å². The van der Waals surface area contributed by atoms with E-state index in [2.05, 4.69) is 9.88 Å². The van der Waals surface area contributed by atoms with Crippen LogP contribution in [0.15, 0.2) is 36.5 Å². The Morgan fingerprint density at radius 1 is 1.13 bits per heavy atom. The Balaban J connectivity index is 1.35. The summed E-state index contributed by atoms with van der Waals surface area (Å²) in [5, 5.41) is 22.3. The minimum Gasteiger partial charge on any atom is -0.497 e. The van der Waals surface area contributed by atoms with Gasteiger partial charge in [-0.2, -0.15) is 0 Å². The highest BCUT2D eigenvalue weighted by Crippen LogP contribution is 2.39. The van der Waals surface area contributed by atoms with E-state index in [4.69, 9.17) is 15.2 Å². The van der Waals surface area contributed by atoms with Crippen molar-refractivity contribution in [2.75, 3.05) is 40.0 Å². The Morgan fingerprint density at radius 2 is 1.84 bits per heavy atom. The molecule has 0 aliphatic carbocycles. The molecule has 7 nitrogen and oxygen atoms in total. The Kier molecular flexibility index (Phi) is 9.09. The number of aliphatic hydroxyl groups excluding tert-OH is 2. The van der Waals surface area contributed by atoms with Crippen LogP contribution >= 0.6 is 0 Å². The first-order valence-electron chi connectivity index (χ1n) is 12.7. The number of ether oxygens (including phenoxy) is 2. The fourth-order valence-electron chi connectivity index (χ4n) is 5.19. The second-order valence-electron chi connectivity index (χ2n) is 9.89. The molecule has 0 amide bonds. The van der Waals surface area contributed by atoms with E-state index < -0.39 is 29.3 Å². The molecule has 1 saturated heterocycles. The summed E-state index contributed by atoms with van der Waals surface area (Å²) in [6.07, 6.45) is 3.35. The first kappa shape index (κ1) is 28.1. The first-order valence-corrected chi connectivity index (χ1v) is 12.7. The predicted molar refractivity (Wildman–Crippen MR) is 137 cm³/mol. The van der Waals surface area contributed by atoms with Crippen LogP contribution in [0, 0.1) is 22.9 Å². The molecule has 2 heterocycles. The lowest BCUT2D eigenvalue weighted by atomic mass is 9.74. The van der Waals surface area contributed by atoms with Crippen LogP contribution in [0.25, 0.3) is 10.9 Å². The van der Waals surface area contributed by atoms with Gasteiger partial charge in [-0.25, -0.2) is 13.2 Å². The summed E-state index contributed by atoms with van der Waals surface area (Å²) in [5.74, 6) is -3.06. The predicted octanol–water partition coefficient (Wildman–Crippen LogP) is 4.09. The molecule has 4 rings (SSSR count). The van der Waals surface area contributed by atoms with Gasteiger partial charge in [0.15, 0.2) is 17.4 Å². The van der Waals surface area contributed by atoms with Crippen molar-refractivity contribution < 1.29 is 32.9 Å². The van der Waals surface area contributed by atoms with Gasteiger partial charge in [-0.3, -0.25) is 9.88 Å². The molecule has 10 heteroatoms.